The molecule has 0 bridgehead atoms. The lowest BCUT2D eigenvalue weighted by molar-refractivity contribution is -0.134. The molecule has 3 aromatic rings. The zero-order chi connectivity index (χ0) is 21.6. The first-order valence-electron chi connectivity index (χ1n) is 10.2. The number of nitrogens with zero attached hydrogens (tertiary/aromatic N) is 2. The summed E-state index contributed by atoms with van der Waals surface area (Å²) in [5.74, 6) is -0.145. The van der Waals surface area contributed by atoms with E-state index >= 15 is 0 Å². The van der Waals surface area contributed by atoms with E-state index in [1.54, 1.807) is 15.9 Å². The molecule has 1 heterocycles. The molecule has 1 aliphatic heterocycles. The van der Waals surface area contributed by atoms with Crippen LogP contribution in [0, 0.1) is 5.82 Å². The Hall–Kier alpha value is -3.67. The molecule has 0 saturated carbocycles. The van der Waals surface area contributed by atoms with Gasteiger partial charge in [-0.15, -0.1) is 0 Å². The van der Waals surface area contributed by atoms with Crippen LogP contribution in [0.1, 0.15) is 10.4 Å². The molecule has 0 aliphatic carbocycles. The maximum Gasteiger partial charge on any atom is 0.260 e. The predicted molar refractivity (Wildman–Crippen MR) is 116 cm³/mol. The van der Waals surface area contributed by atoms with Crippen molar-refractivity contribution in [3.8, 4) is 16.9 Å². The third kappa shape index (κ3) is 5.09. The maximum atomic E-state index is 13.4. The summed E-state index contributed by atoms with van der Waals surface area (Å²) in [7, 11) is 0. The summed E-state index contributed by atoms with van der Waals surface area (Å²) in [6.45, 7) is 1.62. The quantitative estimate of drug-likeness (QED) is 0.632. The van der Waals surface area contributed by atoms with Crippen molar-refractivity contribution in [3.63, 3.8) is 0 Å². The van der Waals surface area contributed by atoms with E-state index in [0.717, 1.165) is 11.1 Å². The van der Waals surface area contributed by atoms with Gasteiger partial charge in [-0.3, -0.25) is 9.59 Å². The SMILES string of the molecule is O=C(COc1ccc(-c2ccccc2)cc1)N1CCN(C(=O)c2cccc(F)c2)CC1. The minimum Gasteiger partial charge on any atom is -0.484 e. The number of carbonyl (C=O) groups excluding carboxylic acids is 2. The average Bonchev–Trinajstić information content (AvgIpc) is 2.83. The third-order valence-electron chi connectivity index (χ3n) is 5.31. The number of amides is 2. The fourth-order valence-electron chi connectivity index (χ4n) is 3.57. The van der Waals surface area contributed by atoms with Crippen LogP contribution in [0.2, 0.25) is 0 Å². The fourth-order valence-corrected chi connectivity index (χ4v) is 3.57. The van der Waals surface area contributed by atoms with Gasteiger partial charge in [-0.25, -0.2) is 4.39 Å². The van der Waals surface area contributed by atoms with E-state index in [0.29, 0.717) is 37.5 Å². The molecule has 1 aliphatic rings. The summed E-state index contributed by atoms with van der Waals surface area (Å²) in [4.78, 5) is 28.3. The largest absolute Gasteiger partial charge is 0.484 e. The van der Waals surface area contributed by atoms with Gasteiger partial charge >= 0.3 is 0 Å². The van der Waals surface area contributed by atoms with E-state index in [2.05, 4.69) is 0 Å². The molecule has 4 rings (SSSR count). The zero-order valence-corrected chi connectivity index (χ0v) is 17.0. The van der Waals surface area contributed by atoms with Gasteiger partial charge in [-0.05, 0) is 41.5 Å². The summed E-state index contributed by atoms with van der Waals surface area (Å²) in [6, 6.07) is 23.3. The smallest absolute Gasteiger partial charge is 0.260 e. The molecule has 2 amide bonds. The van der Waals surface area contributed by atoms with Gasteiger partial charge in [0.05, 0.1) is 0 Å². The highest BCUT2D eigenvalue weighted by Gasteiger charge is 2.25. The summed E-state index contributed by atoms with van der Waals surface area (Å²) in [5, 5.41) is 0. The van der Waals surface area contributed by atoms with Crippen molar-refractivity contribution >= 4 is 11.8 Å². The van der Waals surface area contributed by atoms with Crippen molar-refractivity contribution in [1.82, 2.24) is 9.80 Å². The van der Waals surface area contributed by atoms with Crippen LogP contribution in [-0.2, 0) is 4.79 Å². The maximum absolute atomic E-state index is 13.4. The van der Waals surface area contributed by atoms with Crippen molar-refractivity contribution in [2.75, 3.05) is 32.8 Å². The number of hydrogen-bond donors (Lipinski definition) is 0. The van der Waals surface area contributed by atoms with Crippen LogP contribution < -0.4 is 4.74 Å². The molecule has 0 N–H and O–H groups in total. The fraction of sp³-hybridized carbons (Fsp3) is 0.200. The van der Waals surface area contributed by atoms with Gasteiger partial charge in [0.2, 0.25) is 0 Å². The second-order valence-electron chi connectivity index (χ2n) is 7.36. The molecule has 0 spiro atoms. The standard InChI is InChI=1S/C25H23FN2O3/c26-22-8-4-7-21(17-22)25(30)28-15-13-27(14-16-28)24(29)18-31-23-11-9-20(10-12-23)19-5-2-1-3-6-19/h1-12,17H,13-16,18H2. The minimum absolute atomic E-state index is 0.0530. The van der Waals surface area contributed by atoms with Crippen molar-refractivity contribution in [3.05, 3.63) is 90.2 Å². The Balaban J connectivity index is 1.26. The lowest BCUT2D eigenvalue weighted by Crippen LogP contribution is -2.51. The van der Waals surface area contributed by atoms with Gasteiger partial charge in [-0.2, -0.15) is 0 Å². The van der Waals surface area contributed by atoms with Gasteiger partial charge in [0.15, 0.2) is 6.61 Å². The average molecular weight is 418 g/mol. The first-order valence-corrected chi connectivity index (χ1v) is 10.2. The van der Waals surface area contributed by atoms with Crippen LogP contribution in [0.15, 0.2) is 78.9 Å². The molecule has 0 atom stereocenters. The van der Waals surface area contributed by atoms with Gasteiger partial charge in [0.1, 0.15) is 11.6 Å². The highest BCUT2D eigenvalue weighted by molar-refractivity contribution is 5.94. The van der Waals surface area contributed by atoms with E-state index in [9.17, 15) is 14.0 Å². The lowest BCUT2D eigenvalue weighted by atomic mass is 10.1. The van der Waals surface area contributed by atoms with Crippen LogP contribution >= 0.6 is 0 Å². The molecule has 158 valence electrons. The molecule has 1 saturated heterocycles. The Bertz CT molecular complexity index is 1050. The van der Waals surface area contributed by atoms with E-state index in [1.807, 2.05) is 54.6 Å². The highest BCUT2D eigenvalue weighted by Crippen LogP contribution is 2.22. The topological polar surface area (TPSA) is 49.9 Å². The van der Waals surface area contributed by atoms with Gasteiger partial charge in [-0.1, -0.05) is 48.5 Å². The second-order valence-corrected chi connectivity index (χ2v) is 7.36. The Kier molecular flexibility index (Phi) is 6.26. The molecule has 0 aromatic heterocycles. The first kappa shape index (κ1) is 20.6. The lowest BCUT2D eigenvalue weighted by Gasteiger charge is -2.34. The highest BCUT2D eigenvalue weighted by atomic mass is 19.1. The molecular formula is C25H23FN2O3. The zero-order valence-electron chi connectivity index (χ0n) is 17.0. The molecule has 5 nitrogen and oxygen atoms in total. The summed E-state index contributed by atoms with van der Waals surface area (Å²) >= 11 is 0. The number of rotatable bonds is 5. The van der Waals surface area contributed by atoms with Crippen LogP contribution in [-0.4, -0.2) is 54.4 Å². The minimum atomic E-state index is -0.436. The number of ether oxygens (including phenoxy) is 1. The van der Waals surface area contributed by atoms with E-state index < -0.39 is 5.82 Å². The number of hydrogen-bond acceptors (Lipinski definition) is 3. The van der Waals surface area contributed by atoms with Crippen LogP contribution in [0.4, 0.5) is 4.39 Å². The number of benzene rings is 3. The van der Waals surface area contributed by atoms with Gasteiger partial charge in [0.25, 0.3) is 11.8 Å². The van der Waals surface area contributed by atoms with E-state index in [1.165, 1.54) is 18.2 Å². The van der Waals surface area contributed by atoms with Crippen molar-refractivity contribution in [1.29, 1.82) is 0 Å². The summed E-state index contributed by atoms with van der Waals surface area (Å²) in [5.41, 5.74) is 2.52. The van der Waals surface area contributed by atoms with E-state index in [-0.39, 0.29) is 18.4 Å². The third-order valence-corrected chi connectivity index (χ3v) is 5.31. The molecule has 31 heavy (non-hydrogen) atoms. The monoisotopic (exact) mass is 418 g/mol. The number of halogens is 1. The van der Waals surface area contributed by atoms with Gasteiger partial charge < -0.3 is 14.5 Å². The molecule has 0 radical (unpaired) electrons. The Morgan fingerprint density at radius 1 is 0.774 bits per heavy atom. The Morgan fingerprint density at radius 2 is 1.42 bits per heavy atom. The Labute approximate surface area is 180 Å². The van der Waals surface area contributed by atoms with Crippen molar-refractivity contribution in [2.45, 2.75) is 0 Å². The van der Waals surface area contributed by atoms with Crippen LogP contribution in [0.3, 0.4) is 0 Å². The van der Waals surface area contributed by atoms with Crippen molar-refractivity contribution in [2.24, 2.45) is 0 Å². The van der Waals surface area contributed by atoms with Crippen LogP contribution in [0.25, 0.3) is 11.1 Å². The molecule has 1 fully saturated rings. The first-order chi connectivity index (χ1) is 15.1. The molecule has 0 unspecified atom stereocenters. The predicted octanol–water partition coefficient (Wildman–Crippen LogP) is 3.86. The van der Waals surface area contributed by atoms with Gasteiger partial charge in [0, 0.05) is 31.7 Å². The summed E-state index contributed by atoms with van der Waals surface area (Å²) in [6.07, 6.45) is 0. The normalized spacial score (nSPS) is 13.7. The van der Waals surface area contributed by atoms with Crippen molar-refractivity contribution < 1.29 is 18.7 Å². The Morgan fingerprint density at radius 3 is 2.10 bits per heavy atom. The second kappa shape index (κ2) is 9.43. The van der Waals surface area contributed by atoms with E-state index in [4.69, 9.17) is 4.74 Å². The number of carbonyl (C=O) groups is 2. The summed E-state index contributed by atoms with van der Waals surface area (Å²) < 4.78 is 19.0. The molecule has 3 aromatic carbocycles. The number of piperazine rings is 1. The molecule has 6 heteroatoms. The van der Waals surface area contributed by atoms with Crippen LogP contribution in [0.5, 0.6) is 5.75 Å². The molecular weight excluding hydrogens is 395 g/mol.